The molecule has 2 nitrogen and oxygen atoms in total. The van der Waals surface area contributed by atoms with Crippen LogP contribution >= 0.6 is 8.38 Å². The summed E-state index contributed by atoms with van der Waals surface area (Å²) in [4.78, 5) is 19.3. The van der Waals surface area contributed by atoms with E-state index in [1.165, 1.54) is 0 Å². The van der Waals surface area contributed by atoms with Crippen LogP contribution in [-0.4, -0.2) is 52.3 Å². The van der Waals surface area contributed by atoms with Crippen molar-refractivity contribution < 1.29 is 34.6 Å². The third-order valence-corrected chi connectivity index (χ3v) is 1.22. The second kappa shape index (κ2) is 22.5. The molecule has 0 aliphatic rings. The first-order chi connectivity index (χ1) is 2.77. The number of halogens is 2. The fraction of sp³-hybridized carbons (Fsp3) is 1.00. The number of hydrogen-bond acceptors (Lipinski definition) is 2. The minimum atomic E-state index is -2.10. The molecule has 0 heterocycles. The fourth-order valence-electron chi connectivity index (χ4n) is 0.183. The third-order valence-electron chi connectivity index (χ3n) is 0.406. The maximum Gasteiger partial charge on any atom is 2.00 e. The molecule has 54 valence electrons. The molecular weight excluding hydrogens is 219 g/mol. The van der Waals surface area contributed by atoms with Gasteiger partial charge in [0.25, 0.3) is 0 Å². The predicted octanol–water partition coefficient (Wildman–Crippen LogP) is -7.32. The quantitative estimate of drug-likeness (QED) is 0.346. The molecule has 0 aliphatic heterocycles. The standard InChI is InChI=1S/C3H7O2P.2ClH.2Mg/c1-2-3-6(4)5;;;;/h2-3H2,1H3;2*1H;;/q-2;;;2*+2/p-2. The van der Waals surface area contributed by atoms with E-state index in [1.807, 2.05) is 6.92 Å². The van der Waals surface area contributed by atoms with Gasteiger partial charge in [0.05, 0.1) is 0 Å². The summed E-state index contributed by atoms with van der Waals surface area (Å²) in [5.41, 5.74) is 0. The SMILES string of the molecule is CCCP([O-])[O-].[Cl-].[Cl-].[Mg+2].[Mg+2]. The molecule has 0 rings (SSSR count). The summed E-state index contributed by atoms with van der Waals surface area (Å²) in [5, 5.41) is 0. The van der Waals surface area contributed by atoms with Crippen molar-refractivity contribution in [2.45, 2.75) is 13.3 Å². The molecule has 0 amide bonds. The molecule has 0 saturated heterocycles. The molecule has 0 aliphatic carbocycles. The summed E-state index contributed by atoms with van der Waals surface area (Å²) in [5.74, 6) is 0. The summed E-state index contributed by atoms with van der Waals surface area (Å²) < 4.78 is 0. The normalized spacial score (nSPS) is 6.00. The smallest absolute Gasteiger partial charge is 1.00 e. The van der Waals surface area contributed by atoms with Gasteiger partial charge >= 0.3 is 46.1 Å². The van der Waals surface area contributed by atoms with Crippen molar-refractivity contribution in [3.63, 3.8) is 0 Å². The van der Waals surface area contributed by atoms with Crippen molar-refractivity contribution in [1.29, 1.82) is 0 Å². The van der Waals surface area contributed by atoms with Gasteiger partial charge in [-0.1, -0.05) is 19.5 Å². The van der Waals surface area contributed by atoms with Crippen LogP contribution in [0.3, 0.4) is 0 Å². The van der Waals surface area contributed by atoms with Crippen LogP contribution in [0.5, 0.6) is 0 Å². The van der Waals surface area contributed by atoms with Gasteiger partial charge in [-0.15, -0.1) is 0 Å². The first-order valence-corrected chi connectivity index (χ1v) is 3.25. The Labute approximate surface area is 108 Å². The Balaban J connectivity index is -0.0000000208. The molecule has 0 unspecified atom stereocenters. The van der Waals surface area contributed by atoms with E-state index in [0.29, 0.717) is 6.16 Å². The molecule has 0 bridgehead atoms. The van der Waals surface area contributed by atoms with Gasteiger partial charge in [0.1, 0.15) is 0 Å². The van der Waals surface area contributed by atoms with E-state index < -0.39 is 8.38 Å². The summed E-state index contributed by atoms with van der Waals surface area (Å²) >= 11 is 0. The average molecular weight is 226 g/mol. The van der Waals surface area contributed by atoms with Crippen LogP contribution in [0, 0.1) is 0 Å². The summed E-state index contributed by atoms with van der Waals surface area (Å²) in [6, 6.07) is 0. The molecule has 10 heavy (non-hydrogen) atoms. The van der Waals surface area contributed by atoms with E-state index in [0.717, 1.165) is 6.42 Å². The van der Waals surface area contributed by atoms with Crippen LogP contribution in [0.15, 0.2) is 0 Å². The summed E-state index contributed by atoms with van der Waals surface area (Å²) in [7, 11) is -2.10. The Kier molecular flexibility index (Phi) is 66.2. The zero-order valence-corrected chi connectivity index (χ0v) is 11.1. The van der Waals surface area contributed by atoms with Crippen molar-refractivity contribution in [2.75, 3.05) is 6.16 Å². The molecule has 7 heteroatoms. The largest absolute Gasteiger partial charge is 2.00 e. The summed E-state index contributed by atoms with van der Waals surface area (Å²) in [6.45, 7) is 1.84. The van der Waals surface area contributed by atoms with E-state index in [1.54, 1.807) is 0 Å². The summed E-state index contributed by atoms with van der Waals surface area (Å²) in [6.07, 6.45) is 1.06. The van der Waals surface area contributed by atoms with Crippen molar-refractivity contribution in [3.05, 3.63) is 0 Å². The first kappa shape index (κ1) is 29.4. The van der Waals surface area contributed by atoms with E-state index in [-0.39, 0.29) is 70.9 Å². The average Bonchev–Trinajstić information content (AvgIpc) is 1.35. The van der Waals surface area contributed by atoms with E-state index >= 15 is 0 Å². The van der Waals surface area contributed by atoms with E-state index in [4.69, 9.17) is 0 Å². The fourth-order valence-corrected chi connectivity index (χ4v) is 0.548. The monoisotopic (exact) mass is 224 g/mol. The molecule has 0 aromatic heterocycles. The van der Waals surface area contributed by atoms with Gasteiger partial charge in [0, 0.05) is 0 Å². The van der Waals surface area contributed by atoms with Gasteiger partial charge in [0.15, 0.2) is 0 Å². The molecule has 0 spiro atoms. The van der Waals surface area contributed by atoms with Gasteiger partial charge in [-0.3, -0.25) is 0 Å². The maximum atomic E-state index is 9.64. The first-order valence-electron chi connectivity index (χ1n) is 1.89. The van der Waals surface area contributed by atoms with Crippen molar-refractivity contribution in [3.8, 4) is 0 Å². The Hall–Kier alpha value is 2.46. The minimum Gasteiger partial charge on any atom is -1.00 e. The third kappa shape index (κ3) is 31.4. The van der Waals surface area contributed by atoms with Crippen molar-refractivity contribution >= 4 is 54.5 Å². The Morgan fingerprint density at radius 3 is 1.40 bits per heavy atom. The Morgan fingerprint density at radius 2 is 1.40 bits per heavy atom. The molecule has 0 fully saturated rings. The van der Waals surface area contributed by atoms with Crippen LogP contribution in [0.2, 0.25) is 0 Å². The van der Waals surface area contributed by atoms with Gasteiger partial charge in [-0.25, -0.2) is 0 Å². The van der Waals surface area contributed by atoms with Crippen molar-refractivity contribution in [2.24, 2.45) is 0 Å². The molecule has 0 saturated carbocycles. The molecule has 0 aromatic carbocycles. The van der Waals surface area contributed by atoms with Gasteiger partial charge in [-0.05, 0) is 0 Å². The second-order valence-electron chi connectivity index (χ2n) is 1.06. The number of hydrogen-bond donors (Lipinski definition) is 0. The zero-order valence-electron chi connectivity index (χ0n) is 5.85. The molecule has 0 radical (unpaired) electrons. The topological polar surface area (TPSA) is 46.1 Å². The minimum absolute atomic E-state index is 0. The maximum absolute atomic E-state index is 9.64. The van der Waals surface area contributed by atoms with E-state index in [9.17, 15) is 9.79 Å². The Morgan fingerprint density at radius 1 is 1.10 bits per heavy atom. The van der Waals surface area contributed by atoms with Crippen LogP contribution < -0.4 is 34.6 Å². The van der Waals surface area contributed by atoms with E-state index in [2.05, 4.69) is 0 Å². The van der Waals surface area contributed by atoms with Gasteiger partial charge in [0.2, 0.25) is 0 Å². The van der Waals surface area contributed by atoms with Crippen LogP contribution in [0.4, 0.5) is 0 Å². The van der Waals surface area contributed by atoms with Crippen LogP contribution in [-0.2, 0) is 0 Å². The molecule has 0 atom stereocenters. The second-order valence-corrected chi connectivity index (χ2v) is 2.17. The molecule has 0 aromatic rings. The van der Waals surface area contributed by atoms with Crippen LogP contribution in [0.25, 0.3) is 0 Å². The zero-order chi connectivity index (χ0) is 4.99. The van der Waals surface area contributed by atoms with Crippen molar-refractivity contribution in [1.82, 2.24) is 0 Å². The number of rotatable bonds is 2. The van der Waals surface area contributed by atoms with Gasteiger partial charge < -0.3 is 43.0 Å². The molecule has 0 N–H and O–H groups in total. The predicted molar refractivity (Wildman–Crippen MR) is 33.6 cm³/mol. The van der Waals surface area contributed by atoms with Crippen LogP contribution in [0.1, 0.15) is 13.3 Å². The molecular formula is C3H7Cl2Mg2O2P. The Bertz CT molecular complexity index is 43.7. The van der Waals surface area contributed by atoms with Gasteiger partial charge in [-0.2, -0.15) is 0 Å².